The van der Waals surface area contributed by atoms with Gasteiger partial charge in [-0.05, 0) is 32.3 Å². The quantitative estimate of drug-likeness (QED) is 0.873. The number of rotatable bonds is 3. The van der Waals surface area contributed by atoms with Crippen LogP contribution in [0.1, 0.15) is 52.1 Å². The fourth-order valence-electron chi connectivity index (χ4n) is 3.89. The Bertz CT molecular complexity index is 624. The number of amides is 1. The largest absolute Gasteiger partial charge is 0.448 e. The molecule has 0 aromatic heterocycles. The lowest BCUT2D eigenvalue weighted by Crippen LogP contribution is -2.53. The van der Waals surface area contributed by atoms with Gasteiger partial charge in [-0.2, -0.15) is 0 Å². The first-order valence-electron chi connectivity index (χ1n) is 7.84. The number of nitrogens with one attached hydrogen (secondary N) is 1. The summed E-state index contributed by atoms with van der Waals surface area (Å²) in [5.74, 6) is -0.422. The van der Waals surface area contributed by atoms with Gasteiger partial charge in [-0.25, -0.2) is 0 Å². The van der Waals surface area contributed by atoms with Crippen LogP contribution in [0.25, 0.3) is 0 Å². The summed E-state index contributed by atoms with van der Waals surface area (Å²) in [6.45, 7) is 7.80. The molecule has 3 atom stereocenters. The number of ether oxygens (including phenoxy) is 1. The second-order valence-electron chi connectivity index (χ2n) is 7.28. The number of carbonyl (C=O) groups excluding carboxylic acids is 2. The van der Waals surface area contributed by atoms with E-state index < -0.39 is 16.4 Å². The van der Waals surface area contributed by atoms with E-state index in [2.05, 4.69) is 5.32 Å². The smallest absolute Gasteiger partial charge is 0.313 e. The van der Waals surface area contributed by atoms with E-state index in [1.54, 1.807) is 0 Å². The van der Waals surface area contributed by atoms with Gasteiger partial charge in [-0.15, -0.1) is 0 Å². The van der Waals surface area contributed by atoms with Crippen LogP contribution in [0.4, 0.5) is 0 Å². The van der Waals surface area contributed by atoms with Crippen molar-refractivity contribution in [3.63, 3.8) is 0 Å². The van der Waals surface area contributed by atoms with Crippen LogP contribution in [0.15, 0.2) is 30.3 Å². The molecule has 1 aliphatic carbocycles. The summed E-state index contributed by atoms with van der Waals surface area (Å²) in [6.07, 6.45) is 1.29. The summed E-state index contributed by atoms with van der Waals surface area (Å²) in [6, 6.07) is 9.68. The van der Waals surface area contributed by atoms with E-state index in [9.17, 15) is 9.59 Å². The van der Waals surface area contributed by atoms with E-state index >= 15 is 0 Å². The molecule has 4 nitrogen and oxygen atoms in total. The standard InChI is InChI=1S/C18H23NO3/c1-12(13-8-6-5-7-9-13)19-14(20)18-11-10-17(4,15(21)22-18)16(18,2)3/h5-9,12H,10-11H2,1-4H3,(H,19,20)/t12-,17-,18-/m0/s1. The molecule has 2 aliphatic rings. The Kier molecular flexibility index (Phi) is 3.13. The second kappa shape index (κ2) is 4.58. The predicted octanol–water partition coefficient (Wildman–Crippen LogP) is 2.99. The average Bonchev–Trinajstić information content (AvgIpc) is 2.78. The first kappa shape index (κ1) is 15.1. The number of carbonyl (C=O) groups is 2. The van der Waals surface area contributed by atoms with Crippen LogP contribution in [-0.4, -0.2) is 17.5 Å². The van der Waals surface area contributed by atoms with Gasteiger partial charge in [-0.3, -0.25) is 9.59 Å². The molecule has 1 heterocycles. The Morgan fingerprint density at radius 3 is 2.32 bits per heavy atom. The molecule has 2 fully saturated rings. The zero-order chi connectivity index (χ0) is 16.2. The van der Waals surface area contributed by atoms with Crippen LogP contribution < -0.4 is 5.32 Å². The predicted molar refractivity (Wildman–Crippen MR) is 82.9 cm³/mol. The van der Waals surface area contributed by atoms with E-state index in [1.807, 2.05) is 58.0 Å². The number of esters is 1. The molecule has 0 unspecified atom stereocenters. The van der Waals surface area contributed by atoms with Gasteiger partial charge in [0.2, 0.25) is 0 Å². The van der Waals surface area contributed by atoms with Crippen molar-refractivity contribution in [3.8, 4) is 0 Å². The minimum atomic E-state index is -1.04. The van der Waals surface area contributed by atoms with E-state index in [-0.39, 0.29) is 17.9 Å². The third-order valence-corrected chi connectivity index (χ3v) is 6.10. The summed E-state index contributed by atoms with van der Waals surface area (Å²) in [4.78, 5) is 25.2. The van der Waals surface area contributed by atoms with Crippen molar-refractivity contribution in [2.75, 3.05) is 0 Å². The zero-order valence-corrected chi connectivity index (χ0v) is 13.6. The molecule has 3 rings (SSSR count). The second-order valence-corrected chi connectivity index (χ2v) is 7.28. The Labute approximate surface area is 131 Å². The summed E-state index contributed by atoms with van der Waals surface area (Å²) < 4.78 is 5.61. The fraction of sp³-hybridized carbons (Fsp3) is 0.556. The number of benzene rings is 1. The number of hydrogen-bond donors (Lipinski definition) is 1. The third kappa shape index (κ3) is 1.70. The minimum absolute atomic E-state index is 0.120. The highest BCUT2D eigenvalue weighted by Crippen LogP contribution is 2.65. The summed E-state index contributed by atoms with van der Waals surface area (Å²) >= 11 is 0. The maximum Gasteiger partial charge on any atom is 0.313 e. The molecule has 1 amide bonds. The first-order chi connectivity index (χ1) is 10.2. The normalized spacial score (nSPS) is 33.4. The van der Waals surface area contributed by atoms with E-state index in [1.165, 1.54) is 0 Å². The molecule has 118 valence electrons. The Balaban J connectivity index is 1.85. The topological polar surface area (TPSA) is 55.4 Å². The van der Waals surface area contributed by atoms with E-state index in [4.69, 9.17) is 4.74 Å². The molecule has 0 radical (unpaired) electrons. The Morgan fingerprint density at radius 1 is 1.18 bits per heavy atom. The molecule has 4 heteroatoms. The SMILES string of the molecule is C[C@H](NC(=O)[C@]12CC[C@@](C)(C(=O)O1)C2(C)C)c1ccccc1. The summed E-state index contributed by atoms with van der Waals surface area (Å²) in [5, 5.41) is 3.03. The monoisotopic (exact) mass is 301 g/mol. The fourth-order valence-corrected chi connectivity index (χ4v) is 3.89. The Morgan fingerprint density at radius 2 is 1.82 bits per heavy atom. The van der Waals surface area contributed by atoms with Gasteiger partial charge in [0, 0.05) is 5.41 Å². The van der Waals surface area contributed by atoms with Gasteiger partial charge in [0.05, 0.1) is 11.5 Å². The van der Waals surface area contributed by atoms with Crippen LogP contribution in [0.3, 0.4) is 0 Å². The maximum absolute atomic E-state index is 12.9. The molecule has 1 saturated carbocycles. The maximum atomic E-state index is 12.9. The molecule has 1 saturated heterocycles. The van der Waals surface area contributed by atoms with Gasteiger partial charge >= 0.3 is 5.97 Å². The van der Waals surface area contributed by atoms with Crippen molar-refractivity contribution >= 4 is 11.9 Å². The lowest BCUT2D eigenvalue weighted by Gasteiger charge is -2.36. The molecular weight excluding hydrogens is 278 g/mol. The van der Waals surface area contributed by atoms with E-state index in [0.29, 0.717) is 12.8 Å². The van der Waals surface area contributed by atoms with Crippen LogP contribution in [-0.2, 0) is 14.3 Å². The lowest BCUT2D eigenvalue weighted by atomic mass is 9.66. The van der Waals surface area contributed by atoms with Crippen molar-refractivity contribution in [2.24, 2.45) is 10.8 Å². The first-order valence-corrected chi connectivity index (χ1v) is 7.84. The highest BCUT2D eigenvalue weighted by Gasteiger charge is 2.75. The van der Waals surface area contributed by atoms with Crippen molar-refractivity contribution < 1.29 is 14.3 Å². The molecule has 1 aliphatic heterocycles. The van der Waals surface area contributed by atoms with Gasteiger partial charge in [0.25, 0.3) is 5.91 Å². The number of fused-ring (bicyclic) bond motifs is 2. The molecule has 22 heavy (non-hydrogen) atoms. The zero-order valence-electron chi connectivity index (χ0n) is 13.6. The van der Waals surface area contributed by atoms with Gasteiger partial charge in [-0.1, -0.05) is 44.2 Å². The van der Waals surface area contributed by atoms with Crippen LogP contribution in [0.5, 0.6) is 0 Å². The van der Waals surface area contributed by atoms with Crippen LogP contribution in [0.2, 0.25) is 0 Å². The minimum Gasteiger partial charge on any atom is -0.448 e. The van der Waals surface area contributed by atoms with Crippen LogP contribution in [0, 0.1) is 10.8 Å². The molecule has 1 aromatic rings. The third-order valence-electron chi connectivity index (χ3n) is 6.10. The summed E-state index contributed by atoms with van der Waals surface area (Å²) in [7, 11) is 0. The van der Waals surface area contributed by atoms with Crippen LogP contribution >= 0.6 is 0 Å². The van der Waals surface area contributed by atoms with Gasteiger partial charge in [0.1, 0.15) is 0 Å². The number of hydrogen-bond acceptors (Lipinski definition) is 3. The molecule has 1 N–H and O–H groups in total. The highest BCUT2D eigenvalue weighted by molar-refractivity contribution is 5.96. The average molecular weight is 301 g/mol. The molecule has 0 spiro atoms. The lowest BCUT2D eigenvalue weighted by molar-refractivity contribution is -0.168. The molecule has 2 bridgehead atoms. The molecule has 1 aromatic carbocycles. The van der Waals surface area contributed by atoms with Crippen molar-refractivity contribution in [1.29, 1.82) is 0 Å². The summed E-state index contributed by atoms with van der Waals surface area (Å²) in [5.41, 5.74) is -1.07. The Hall–Kier alpha value is -1.84. The van der Waals surface area contributed by atoms with Crippen molar-refractivity contribution in [1.82, 2.24) is 5.32 Å². The highest BCUT2D eigenvalue weighted by atomic mass is 16.6. The van der Waals surface area contributed by atoms with Crippen molar-refractivity contribution in [2.45, 2.75) is 52.2 Å². The molecular formula is C18H23NO3. The van der Waals surface area contributed by atoms with Gasteiger partial charge in [0.15, 0.2) is 5.60 Å². The van der Waals surface area contributed by atoms with E-state index in [0.717, 1.165) is 5.56 Å². The van der Waals surface area contributed by atoms with Gasteiger partial charge < -0.3 is 10.1 Å². The van der Waals surface area contributed by atoms with Crippen molar-refractivity contribution in [3.05, 3.63) is 35.9 Å².